The van der Waals surface area contributed by atoms with Gasteiger partial charge >= 0.3 is 0 Å². The fourth-order valence-corrected chi connectivity index (χ4v) is 3.16. The van der Waals surface area contributed by atoms with E-state index in [0.29, 0.717) is 11.8 Å². The molecule has 1 aliphatic rings. The molecule has 16 heavy (non-hydrogen) atoms. The fourth-order valence-electron chi connectivity index (χ4n) is 3.16. The van der Waals surface area contributed by atoms with Gasteiger partial charge in [0.25, 0.3) is 0 Å². The molecule has 1 rings (SSSR count). The summed E-state index contributed by atoms with van der Waals surface area (Å²) in [6.07, 6.45) is 8.32. The van der Waals surface area contributed by atoms with Gasteiger partial charge in [-0.15, -0.1) is 6.58 Å². The van der Waals surface area contributed by atoms with Gasteiger partial charge < -0.3 is 4.79 Å². The molecular weight excluding hydrogens is 196 g/mol. The van der Waals surface area contributed by atoms with Crippen molar-refractivity contribution in [2.75, 3.05) is 0 Å². The van der Waals surface area contributed by atoms with Gasteiger partial charge in [-0.25, -0.2) is 0 Å². The highest BCUT2D eigenvalue weighted by atomic mass is 16.1. The van der Waals surface area contributed by atoms with E-state index in [-0.39, 0.29) is 5.41 Å². The number of hydrogen-bond donors (Lipinski definition) is 0. The molecule has 0 aromatic carbocycles. The maximum Gasteiger partial charge on any atom is 0.126 e. The van der Waals surface area contributed by atoms with Crippen LogP contribution in [0.5, 0.6) is 0 Å². The average molecular weight is 220 g/mol. The van der Waals surface area contributed by atoms with Gasteiger partial charge in [-0.3, -0.25) is 0 Å². The largest absolute Gasteiger partial charge is 0.303 e. The van der Waals surface area contributed by atoms with E-state index >= 15 is 0 Å². The molecule has 1 nitrogen and oxygen atoms in total. The monoisotopic (exact) mass is 220 g/mol. The molecule has 0 heterocycles. The Hall–Kier alpha value is -0.850. The Morgan fingerprint density at radius 2 is 2.19 bits per heavy atom. The van der Waals surface area contributed by atoms with E-state index in [1.165, 1.54) is 18.3 Å². The number of aldehydes is 1. The molecule has 1 fully saturated rings. The van der Waals surface area contributed by atoms with Crippen LogP contribution in [0.1, 0.15) is 46.0 Å². The van der Waals surface area contributed by atoms with Crippen molar-refractivity contribution in [1.29, 1.82) is 0 Å². The molecule has 1 aliphatic carbocycles. The first-order valence-electron chi connectivity index (χ1n) is 6.32. The van der Waals surface area contributed by atoms with E-state index in [4.69, 9.17) is 0 Å². The molecule has 0 radical (unpaired) electrons. The van der Waals surface area contributed by atoms with Crippen LogP contribution in [0.25, 0.3) is 0 Å². The number of allylic oxidation sites excluding steroid dienone is 2. The van der Waals surface area contributed by atoms with E-state index < -0.39 is 0 Å². The highest BCUT2D eigenvalue weighted by Gasteiger charge is 2.42. The third kappa shape index (κ3) is 2.45. The Morgan fingerprint density at radius 1 is 1.50 bits per heavy atom. The lowest BCUT2D eigenvalue weighted by Gasteiger charge is -2.43. The van der Waals surface area contributed by atoms with Gasteiger partial charge in [0, 0.05) is 5.41 Å². The smallest absolute Gasteiger partial charge is 0.126 e. The summed E-state index contributed by atoms with van der Waals surface area (Å²) in [5.74, 6) is 1.05. The predicted octanol–water partition coefficient (Wildman–Crippen LogP) is 4.15. The van der Waals surface area contributed by atoms with Gasteiger partial charge in [0.1, 0.15) is 6.29 Å². The summed E-state index contributed by atoms with van der Waals surface area (Å²) in [6, 6.07) is 0. The molecule has 3 atom stereocenters. The van der Waals surface area contributed by atoms with Crippen molar-refractivity contribution in [2.45, 2.75) is 46.0 Å². The Bertz CT molecular complexity index is 279. The summed E-state index contributed by atoms with van der Waals surface area (Å²) in [5, 5.41) is 0. The van der Waals surface area contributed by atoms with Crippen molar-refractivity contribution in [3.63, 3.8) is 0 Å². The van der Waals surface area contributed by atoms with Gasteiger partial charge in [-0.1, -0.05) is 31.6 Å². The average Bonchev–Trinajstić information content (AvgIpc) is 2.29. The molecular formula is C15H24O. The molecule has 0 unspecified atom stereocenters. The Kier molecular flexibility index (Phi) is 4.52. The van der Waals surface area contributed by atoms with Crippen LogP contribution < -0.4 is 0 Å². The van der Waals surface area contributed by atoms with Crippen molar-refractivity contribution < 1.29 is 4.79 Å². The second-order valence-electron chi connectivity index (χ2n) is 5.27. The SMILES string of the molecule is C=CC[C@@]1(C=O)C[C@@H](C(=C)C)CC[C@@H]1CC. The van der Waals surface area contributed by atoms with Crippen LogP contribution in [0, 0.1) is 17.3 Å². The van der Waals surface area contributed by atoms with Crippen LogP contribution >= 0.6 is 0 Å². The van der Waals surface area contributed by atoms with Gasteiger partial charge in [0.15, 0.2) is 0 Å². The first-order valence-corrected chi connectivity index (χ1v) is 6.32. The molecule has 0 bridgehead atoms. The lowest BCUT2D eigenvalue weighted by atomic mass is 9.60. The second kappa shape index (κ2) is 5.47. The number of carbonyl (C=O) groups is 1. The molecule has 0 saturated heterocycles. The summed E-state index contributed by atoms with van der Waals surface area (Å²) in [4.78, 5) is 11.5. The quantitative estimate of drug-likeness (QED) is 0.502. The minimum absolute atomic E-state index is 0.168. The summed E-state index contributed by atoms with van der Waals surface area (Å²) in [6.45, 7) is 12.1. The summed E-state index contributed by atoms with van der Waals surface area (Å²) in [7, 11) is 0. The van der Waals surface area contributed by atoms with Crippen LogP contribution in [0.3, 0.4) is 0 Å². The predicted molar refractivity (Wildman–Crippen MR) is 69.2 cm³/mol. The zero-order chi connectivity index (χ0) is 12.2. The summed E-state index contributed by atoms with van der Waals surface area (Å²) < 4.78 is 0. The molecule has 1 saturated carbocycles. The highest BCUT2D eigenvalue weighted by Crippen LogP contribution is 2.48. The van der Waals surface area contributed by atoms with E-state index in [0.717, 1.165) is 25.7 Å². The standard InChI is InChI=1S/C15H24O/c1-5-9-15(11-16)10-13(12(3)4)7-8-14(15)6-2/h5,11,13-14H,1,3,6-10H2,2,4H3/t13-,14-,15-/m0/s1. The second-order valence-corrected chi connectivity index (χ2v) is 5.27. The molecule has 0 spiro atoms. The fraction of sp³-hybridized carbons (Fsp3) is 0.667. The van der Waals surface area contributed by atoms with Gasteiger partial charge in [-0.05, 0) is 44.4 Å². The zero-order valence-electron chi connectivity index (χ0n) is 10.7. The molecule has 0 aromatic rings. The molecule has 0 aliphatic heterocycles. The topological polar surface area (TPSA) is 17.1 Å². The Morgan fingerprint density at radius 3 is 2.62 bits per heavy atom. The third-order valence-corrected chi connectivity index (χ3v) is 4.25. The van der Waals surface area contributed by atoms with Crippen molar-refractivity contribution in [1.82, 2.24) is 0 Å². The number of hydrogen-bond acceptors (Lipinski definition) is 1. The van der Waals surface area contributed by atoms with Crippen molar-refractivity contribution >= 4 is 6.29 Å². The van der Waals surface area contributed by atoms with E-state index in [2.05, 4.69) is 27.0 Å². The van der Waals surface area contributed by atoms with E-state index in [1.807, 2.05) is 6.08 Å². The van der Waals surface area contributed by atoms with Crippen molar-refractivity contribution in [3.05, 3.63) is 24.8 Å². The minimum atomic E-state index is -0.168. The maximum absolute atomic E-state index is 11.5. The van der Waals surface area contributed by atoms with E-state index in [1.54, 1.807) is 0 Å². The van der Waals surface area contributed by atoms with Gasteiger partial charge in [0.2, 0.25) is 0 Å². The molecule has 0 N–H and O–H groups in total. The highest BCUT2D eigenvalue weighted by molar-refractivity contribution is 5.61. The number of rotatable bonds is 5. The Labute approximate surface area is 99.6 Å². The van der Waals surface area contributed by atoms with Crippen LogP contribution in [0.4, 0.5) is 0 Å². The summed E-state index contributed by atoms with van der Waals surface area (Å²) >= 11 is 0. The van der Waals surface area contributed by atoms with Crippen molar-refractivity contribution in [3.8, 4) is 0 Å². The molecule has 0 aromatic heterocycles. The lowest BCUT2D eigenvalue weighted by Crippen LogP contribution is -2.38. The van der Waals surface area contributed by atoms with E-state index in [9.17, 15) is 4.79 Å². The molecule has 90 valence electrons. The third-order valence-electron chi connectivity index (χ3n) is 4.25. The van der Waals surface area contributed by atoms with Crippen LogP contribution in [-0.2, 0) is 4.79 Å². The van der Waals surface area contributed by atoms with Crippen LogP contribution in [0.2, 0.25) is 0 Å². The maximum atomic E-state index is 11.5. The zero-order valence-corrected chi connectivity index (χ0v) is 10.7. The normalized spacial score (nSPS) is 34.4. The van der Waals surface area contributed by atoms with Crippen LogP contribution in [0.15, 0.2) is 24.8 Å². The number of carbonyl (C=O) groups excluding carboxylic acids is 1. The van der Waals surface area contributed by atoms with Crippen molar-refractivity contribution in [2.24, 2.45) is 17.3 Å². The van der Waals surface area contributed by atoms with Gasteiger partial charge in [0.05, 0.1) is 0 Å². The minimum Gasteiger partial charge on any atom is -0.303 e. The Balaban J connectivity index is 2.91. The lowest BCUT2D eigenvalue weighted by molar-refractivity contribution is -0.122. The van der Waals surface area contributed by atoms with Gasteiger partial charge in [-0.2, -0.15) is 0 Å². The molecule has 0 amide bonds. The molecule has 1 heteroatoms. The first-order chi connectivity index (χ1) is 7.59. The summed E-state index contributed by atoms with van der Waals surface area (Å²) in [5.41, 5.74) is 1.06. The van der Waals surface area contributed by atoms with Crippen LogP contribution in [-0.4, -0.2) is 6.29 Å². The first kappa shape index (κ1) is 13.2.